The number of hydrogen-bond acceptors (Lipinski definition) is 14. The van der Waals surface area contributed by atoms with Gasteiger partial charge in [-0.3, -0.25) is 24.7 Å². The number of aromatic nitrogens is 2. The number of benzene rings is 4. The van der Waals surface area contributed by atoms with Crippen molar-refractivity contribution >= 4 is 53.9 Å². The summed E-state index contributed by atoms with van der Waals surface area (Å²) in [5.74, 6) is 0.0580. The van der Waals surface area contributed by atoms with Gasteiger partial charge in [0.2, 0.25) is 0 Å². The highest BCUT2D eigenvalue weighted by Crippen LogP contribution is 2.53. The van der Waals surface area contributed by atoms with Crippen LogP contribution in [0.3, 0.4) is 0 Å². The van der Waals surface area contributed by atoms with Crippen LogP contribution in [0.15, 0.2) is 119 Å². The van der Waals surface area contributed by atoms with E-state index in [0.717, 1.165) is 100 Å². The van der Waals surface area contributed by atoms with E-state index in [1.54, 1.807) is 42.6 Å². The van der Waals surface area contributed by atoms with Crippen molar-refractivity contribution in [1.29, 1.82) is 0 Å². The van der Waals surface area contributed by atoms with Gasteiger partial charge in [0.25, 0.3) is 21.6 Å². The zero-order valence-corrected chi connectivity index (χ0v) is 45.2. The molecule has 402 valence electrons. The molecule has 2 saturated heterocycles. The van der Waals surface area contributed by atoms with Crippen LogP contribution in [-0.4, -0.2) is 110 Å². The van der Waals surface area contributed by atoms with Crippen LogP contribution in [0, 0.1) is 21.4 Å². The fourth-order valence-corrected chi connectivity index (χ4v) is 13.6. The number of pyridine rings is 1. The van der Waals surface area contributed by atoms with E-state index in [-0.39, 0.29) is 34.4 Å². The molecule has 4 heterocycles. The van der Waals surface area contributed by atoms with Crippen LogP contribution in [0.5, 0.6) is 11.5 Å². The smallest absolute Gasteiger partial charge is 0.293 e. The number of piperazine rings is 1. The summed E-state index contributed by atoms with van der Waals surface area (Å²) in [4.78, 5) is 40.6. The number of nitrogens with zero attached hydrogens (tertiary/aromatic N) is 5. The summed E-state index contributed by atoms with van der Waals surface area (Å²) in [5.41, 5.74) is 4.44. The zero-order chi connectivity index (χ0) is 53.6. The number of nitro benzene ring substituents is 1. The summed E-state index contributed by atoms with van der Waals surface area (Å²) in [6.45, 7) is 11.8. The van der Waals surface area contributed by atoms with Gasteiger partial charge in [0, 0.05) is 93.6 Å². The predicted molar refractivity (Wildman–Crippen MR) is 293 cm³/mol. The highest BCUT2D eigenvalue weighted by atomic mass is 32.2. The van der Waals surface area contributed by atoms with E-state index in [0.29, 0.717) is 47.6 Å². The van der Waals surface area contributed by atoms with E-state index >= 15 is 0 Å². The summed E-state index contributed by atoms with van der Waals surface area (Å²) in [6.07, 6.45) is 11.4. The van der Waals surface area contributed by atoms with Gasteiger partial charge >= 0.3 is 0 Å². The molecule has 4 N–H and O–H groups in total. The Morgan fingerprint density at radius 2 is 1.63 bits per heavy atom. The number of sulfone groups is 1. The Morgan fingerprint density at radius 1 is 0.908 bits per heavy atom. The van der Waals surface area contributed by atoms with Crippen molar-refractivity contribution in [3.8, 4) is 11.5 Å². The molecule has 10 rings (SSSR count). The molecule has 1 atom stereocenters. The van der Waals surface area contributed by atoms with Gasteiger partial charge in [0.05, 0.1) is 32.1 Å². The van der Waals surface area contributed by atoms with Crippen molar-refractivity contribution in [2.75, 3.05) is 55.7 Å². The number of aliphatic hydroxyl groups is 1. The number of aromatic amines is 1. The molecule has 0 radical (unpaired) electrons. The summed E-state index contributed by atoms with van der Waals surface area (Å²) in [5, 5.41) is 26.5. The molecule has 2 aliphatic carbocycles. The normalized spacial score (nSPS) is 21.6. The number of nitrogens with one attached hydrogen (secondary N) is 3. The molecule has 2 saturated carbocycles. The van der Waals surface area contributed by atoms with Crippen molar-refractivity contribution in [1.82, 2.24) is 24.5 Å². The number of hydrogen-bond donors (Lipinski definition) is 4. The Hall–Kier alpha value is -6.38. The predicted octanol–water partition coefficient (Wildman–Crippen LogP) is 9.57. The van der Waals surface area contributed by atoms with Gasteiger partial charge in [0.15, 0.2) is 9.84 Å². The first-order chi connectivity index (χ1) is 36.2. The lowest BCUT2D eigenvalue weighted by Gasteiger charge is -2.58. The molecule has 76 heavy (non-hydrogen) atoms. The number of H-pyrrole nitrogens is 1. The zero-order valence-electron chi connectivity index (χ0n) is 43.6. The van der Waals surface area contributed by atoms with E-state index in [1.165, 1.54) is 35.7 Å². The number of piperidine rings is 1. The minimum absolute atomic E-state index is 0.0467. The first-order valence-electron chi connectivity index (χ1n) is 26.4. The average Bonchev–Trinajstić information content (AvgIpc) is 3.86. The van der Waals surface area contributed by atoms with Crippen LogP contribution >= 0.6 is 0 Å². The Balaban J connectivity index is 0.828. The number of carbonyl (C=O) groups excluding carboxylic acids is 1. The number of carbonyl (C=O) groups is 1. The van der Waals surface area contributed by atoms with Gasteiger partial charge < -0.3 is 25.0 Å². The van der Waals surface area contributed by atoms with Crippen molar-refractivity contribution in [3.05, 3.63) is 142 Å². The third-order valence-electron chi connectivity index (χ3n) is 16.5. The molecule has 17 nitrogen and oxygen atoms in total. The SMILES string of the molecule is CC(C)c1ccccc1C1CN(Cc2ccc(S(C)(=O)=O)cc2)CCN1C1CC2(CCN(c3ccc(C(=O)NS(=O)(=O)c4ccc(NCC5CCC(C)(O)CC5)c([N+](=O)[O-])c4)c(Oc4cnc5[nH]ccc5c4)c3)CC2)C1. The maximum Gasteiger partial charge on any atom is 0.293 e. The third-order valence-corrected chi connectivity index (χ3v) is 19.0. The monoisotopic (exact) mass is 1070 g/mol. The van der Waals surface area contributed by atoms with Crippen molar-refractivity contribution < 1.29 is 36.4 Å². The Kier molecular flexibility index (Phi) is 14.8. The number of rotatable bonds is 16. The lowest BCUT2D eigenvalue weighted by molar-refractivity contribution is -0.384. The highest BCUT2D eigenvalue weighted by Gasteiger charge is 2.50. The van der Waals surface area contributed by atoms with Crippen molar-refractivity contribution in [2.24, 2.45) is 11.3 Å². The molecule has 0 bridgehead atoms. The molecule has 19 heteroatoms. The molecule has 4 aliphatic rings. The van der Waals surface area contributed by atoms with Gasteiger partial charge in [-0.2, -0.15) is 0 Å². The summed E-state index contributed by atoms with van der Waals surface area (Å²) < 4.78 is 60.5. The van der Waals surface area contributed by atoms with E-state index < -0.39 is 46.9 Å². The molecule has 1 unspecified atom stereocenters. The van der Waals surface area contributed by atoms with Crippen LogP contribution in [0.25, 0.3) is 11.0 Å². The topological polar surface area (TPSA) is 220 Å². The first-order valence-corrected chi connectivity index (χ1v) is 29.8. The van der Waals surface area contributed by atoms with Crippen LogP contribution < -0.4 is 19.7 Å². The van der Waals surface area contributed by atoms with Crippen LogP contribution in [0.1, 0.15) is 111 Å². The summed E-state index contributed by atoms with van der Waals surface area (Å²) >= 11 is 0. The van der Waals surface area contributed by atoms with Crippen LogP contribution in [-0.2, 0) is 26.4 Å². The average molecular weight is 1070 g/mol. The van der Waals surface area contributed by atoms with Gasteiger partial charge in [-0.1, -0.05) is 50.2 Å². The number of nitro groups is 1. The number of fused-ring (bicyclic) bond motifs is 1. The quantitative estimate of drug-likeness (QED) is 0.0524. The second-order valence-electron chi connectivity index (χ2n) is 22.3. The van der Waals surface area contributed by atoms with Crippen molar-refractivity contribution in [3.63, 3.8) is 0 Å². The van der Waals surface area contributed by atoms with Gasteiger partial charge in [0.1, 0.15) is 22.8 Å². The first kappa shape index (κ1) is 53.0. The van der Waals surface area contributed by atoms with Gasteiger partial charge in [-0.25, -0.2) is 26.5 Å². The maximum atomic E-state index is 14.1. The summed E-state index contributed by atoms with van der Waals surface area (Å²) in [7, 11) is -7.88. The summed E-state index contributed by atoms with van der Waals surface area (Å²) in [6, 6.07) is 29.0. The van der Waals surface area contributed by atoms with E-state index in [1.807, 2.05) is 25.1 Å². The van der Waals surface area contributed by atoms with E-state index in [4.69, 9.17) is 4.74 Å². The molecular weight excluding hydrogens is 1000 g/mol. The minimum atomic E-state index is -4.60. The Labute approximate surface area is 445 Å². The molecule has 1 spiro atoms. The molecular formula is C57H68N8O9S2. The second kappa shape index (κ2) is 21.2. The van der Waals surface area contributed by atoms with Gasteiger partial charge in [-0.15, -0.1) is 0 Å². The molecule has 1 amide bonds. The standard InChI is InChI=1S/C57H68N8O9S2/c1-38(2)47-7-5-6-8-48(47)52-37-62(36-40-9-12-45(13-10-40)75(4,70)71)27-28-64(52)43-32-57(33-43)22-25-63(26-23-57)42-11-15-49(53(30-42)74-44-29-41-19-24-58-54(41)60-35-44)55(66)61-76(72,73)46-14-16-50(51(31-46)65(68)69)59-34-39-17-20-56(3,67)21-18-39/h5-16,19,24,29-31,35,38-39,43,52,59,67H,17-18,20-23,25-28,32-34,36-37H2,1-4H3,(H,58,60)(H,61,66). The molecule has 6 aromatic rings. The minimum Gasteiger partial charge on any atom is -0.455 e. The van der Waals surface area contributed by atoms with Crippen LogP contribution in [0.2, 0.25) is 0 Å². The lowest BCUT2D eigenvalue weighted by atomic mass is 9.59. The molecule has 2 aliphatic heterocycles. The fourth-order valence-electron chi connectivity index (χ4n) is 12.0. The number of amides is 1. The van der Waals surface area contributed by atoms with E-state index in [9.17, 15) is 36.9 Å². The Bertz CT molecular complexity index is 3340. The molecule has 4 fully saturated rings. The maximum absolute atomic E-state index is 14.1. The lowest BCUT2D eigenvalue weighted by Crippen LogP contribution is -2.60. The van der Waals surface area contributed by atoms with Crippen molar-refractivity contribution in [2.45, 2.75) is 112 Å². The van der Waals surface area contributed by atoms with Crippen LogP contribution in [0.4, 0.5) is 17.1 Å². The third kappa shape index (κ3) is 11.6. The Morgan fingerprint density at radius 3 is 2.34 bits per heavy atom. The second-order valence-corrected chi connectivity index (χ2v) is 26.0. The number of ether oxygens (including phenoxy) is 1. The highest BCUT2D eigenvalue weighted by molar-refractivity contribution is 7.90. The fraction of sp³-hybridized carbons (Fsp3) is 0.439. The molecule has 4 aromatic carbocycles. The molecule has 2 aromatic heterocycles. The van der Waals surface area contributed by atoms with Gasteiger partial charge in [-0.05, 0) is 141 Å². The number of anilines is 2. The number of sulfonamides is 1. The van der Waals surface area contributed by atoms with E-state index in [2.05, 4.69) is 72.8 Å². The largest absolute Gasteiger partial charge is 0.455 e.